The SMILES string of the molecule is CC(C)c1ccccc1Sc1ccc(/C=C/C(=O)N2CCNC(CO)C2)cc1[N+](=O)[O-]. The normalized spacial score (nSPS) is 16.8. The Morgan fingerprint density at radius 2 is 2.10 bits per heavy atom. The Bertz CT molecular complexity index is 977. The van der Waals surface area contributed by atoms with Crippen LogP contribution in [0.15, 0.2) is 58.3 Å². The molecule has 0 aliphatic carbocycles. The van der Waals surface area contributed by atoms with E-state index in [1.165, 1.54) is 23.9 Å². The van der Waals surface area contributed by atoms with Gasteiger partial charge in [0.1, 0.15) is 0 Å². The minimum absolute atomic E-state index is 0.0145. The molecular weight excluding hydrogens is 414 g/mol. The van der Waals surface area contributed by atoms with Crippen LogP contribution in [0.5, 0.6) is 0 Å². The molecule has 1 saturated heterocycles. The molecule has 2 N–H and O–H groups in total. The van der Waals surface area contributed by atoms with E-state index in [0.29, 0.717) is 36.0 Å². The highest BCUT2D eigenvalue weighted by Crippen LogP contribution is 2.39. The molecule has 0 saturated carbocycles. The number of hydrogen-bond acceptors (Lipinski definition) is 6. The number of carbonyl (C=O) groups excluding carboxylic acids is 1. The molecule has 1 atom stereocenters. The van der Waals surface area contributed by atoms with Gasteiger partial charge in [-0.15, -0.1) is 0 Å². The molecule has 164 valence electrons. The lowest BCUT2D eigenvalue weighted by molar-refractivity contribution is -0.387. The van der Waals surface area contributed by atoms with Crippen molar-refractivity contribution in [2.24, 2.45) is 0 Å². The van der Waals surface area contributed by atoms with Crippen LogP contribution in [0.1, 0.15) is 30.9 Å². The van der Waals surface area contributed by atoms with Crippen LogP contribution in [0.25, 0.3) is 6.08 Å². The molecule has 2 aromatic rings. The number of aliphatic hydroxyl groups excluding tert-OH is 1. The quantitative estimate of drug-likeness (QED) is 0.387. The van der Waals surface area contributed by atoms with Crippen LogP contribution in [-0.4, -0.2) is 53.1 Å². The zero-order valence-electron chi connectivity index (χ0n) is 17.7. The Morgan fingerprint density at radius 3 is 2.81 bits per heavy atom. The fourth-order valence-corrected chi connectivity index (χ4v) is 4.64. The third-order valence-corrected chi connectivity index (χ3v) is 6.30. The monoisotopic (exact) mass is 441 g/mol. The molecular formula is C23H27N3O4S. The molecule has 1 unspecified atom stereocenters. The summed E-state index contributed by atoms with van der Waals surface area (Å²) >= 11 is 1.38. The molecule has 1 fully saturated rings. The Morgan fingerprint density at radius 1 is 1.32 bits per heavy atom. The largest absolute Gasteiger partial charge is 0.395 e. The van der Waals surface area contributed by atoms with Gasteiger partial charge in [-0.2, -0.15) is 0 Å². The third-order valence-electron chi connectivity index (χ3n) is 5.15. The zero-order valence-corrected chi connectivity index (χ0v) is 18.5. The summed E-state index contributed by atoms with van der Waals surface area (Å²) in [6.45, 7) is 5.79. The van der Waals surface area contributed by atoms with E-state index in [-0.39, 0.29) is 29.2 Å². The van der Waals surface area contributed by atoms with Gasteiger partial charge in [0.05, 0.1) is 16.4 Å². The van der Waals surface area contributed by atoms with Gasteiger partial charge in [-0.1, -0.05) is 49.9 Å². The molecule has 0 aromatic heterocycles. The van der Waals surface area contributed by atoms with Crippen molar-refractivity contribution in [3.05, 3.63) is 69.8 Å². The van der Waals surface area contributed by atoms with Crippen LogP contribution >= 0.6 is 11.8 Å². The van der Waals surface area contributed by atoms with E-state index < -0.39 is 0 Å². The smallest absolute Gasteiger partial charge is 0.283 e. The number of amides is 1. The average molecular weight is 442 g/mol. The second-order valence-electron chi connectivity index (χ2n) is 7.73. The highest BCUT2D eigenvalue weighted by atomic mass is 32.2. The number of benzene rings is 2. The van der Waals surface area contributed by atoms with Gasteiger partial charge in [-0.25, -0.2) is 0 Å². The molecule has 3 rings (SSSR count). The molecule has 7 nitrogen and oxygen atoms in total. The van der Waals surface area contributed by atoms with Crippen molar-refractivity contribution in [3.63, 3.8) is 0 Å². The highest BCUT2D eigenvalue weighted by molar-refractivity contribution is 7.99. The first-order valence-corrected chi connectivity index (χ1v) is 11.1. The van der Waals surface area contributed by atoms with Crippen molar-refractivity contribution in [1.82, 2.24) is 10.2 Å². The number of hydrogen-bond donors (Lipinski definition) is 2. The maximum absolute atomic E-state index is 12.5. The topological polar surface area (TPSA) is 95.7 Å². The second kappa shape index (κ2) is 10.6. The van der Waals surface area contributed by atoms with Gasteiger partial charge in [0.25, 0.3) is 5.69 Å². The van der Waals surface area contributed by atoms with Crippen LogP contribution in [0.4, 0.5) is 5.69 Å². The summed E-state index contributed by atoms with van der Waals surface area (Å²) in [6, 6.07) is 12.8. The fourth-order valence-electron chi connectivity index (χ4n) is 3.46. The van der Waals surface area contributed by atoms with Crippen molar-refractivity contribution < 1.29 is 14.8 Å². The molecule has 0 bridgehead atoms. The van der Waals surface area contributed by atoms with Crippen molar-refractivity contribution in [2.45, 2.75) is 35.6 Å². The van der Waals surface area contributed by atoms with E-state index in [9.17, 15) is 20.0 Å². The first kappa shape index (κ1) is 23.0. The van der Waals surface area contributed by atoms with Crippen molar-refractivity contribution in [1.29, 1.82) is 0 Å². The minimum atomic E-state index is -0.387. The van der Waals surface area contributed by atoms with E-state index in [2.05, 4.69) is 19.2 Å². The molecule has 0 radical (unpaired) electrons. The standard InChI is InChI=1S/C23H27N3O4S/c1-16(2)19-5-3-4-6-21(19)31-22-9-7-17(13-20(22)26(29)30)8-10-23(28)25-12-11-24-18(14-25)15-27/h3-10,13,16,18,24,27H,11-12,14-15H2,1-2H3/b10-8+. The molecule has 1 aliphatic rings. The minimum Gasteiger partial charge on any atom is -0.395 e. The number of nitro benzene ring substituents is 1. The maximum atomic E-state index is 12.5. The van der Waals surface area contributed by atoms with Crippen LogP contribution in [0.2, 0.25) is 0 Å². The first-order valence-electron chi connectivity index (χ1n) is 10.3. The lowest BCUT2D eigenvalue weighted by Gasteiger charge is -2.32. The molecule has 1 heterocycles. The number of nitrogens with zero attached hydrogens (tertiary/aromatic N) is 2. The second-order valence-corrected chi connectivity index (χ2v) is 8.81. The van der Waals surface area contributed by atoms with E-state index >= 15 is 0 Å². The zero-order chi connectivity index (χ0) is 22.4. The molecule has 1 amide bonds. The van der Waals surface area contributed by atoms with E-state index in [0.717, 1.165) is 10.5 Å². The highest BCUT2D eigenvalue weighted by Gasteiger charge is 2.21. The predicted molar refractivity (Wildman–Crippen MR) is 122 cm³/mol. The average Bonchev–Trinajstić information content (AvgIpc) is 2.78. The molecule has 8 heteroatoms. The van der Waals surface area contributed by atoms with Crippen LogP contribution < -0.4 is 5.32 Å². The fraction of sp³-hybridized carbons (Fsp3) is 0.348. The molecule has 0 spiro atoms. The first-order chi connectivity index (χ1) is 14.9. The van der Waals surface area contributed by atoms with Crippen molar-refractivity contribution >= 4 is 29.4 Å². The number of carbonyl (C=O) groups is 1. The van der Waals surface area contributed by atoms with Crippen LogP contribution in [-0.2, 0) is 4.79 Å². The predicted octanol–water partition coefficient (Wildman–Crippen LogP) is 3.68. The number of rotatable bonds is 7. The molecule has 2 aromatic carbocycles. The number of nitrogens with one attached hydrogen (secondary N) is 1. The van der Waals surface area contributed by atoms with Gasteiger partial charge >= 0.3 is 0 Å². The van der Waals surface area contributed by atoms with Gasteiger partial charge < -0.3 is 15.3 Å². The summed E-state index contributed by atoms with van der Waals surface area (Å²) in [5, 5.41) is 24.1. The lowest BCUT2D eigenvalue weighted by Crippen LogP contribution is -2.53. The summed E-state index contributed by atoms with van der Waals surface area (Å²) in [5.74, 6) is 0.137. The van der Waals surface area contributed by atoms with Crippen LogP contribution in [0.3, 0.4) is 0 Å². The Hall–Kier alpha value is -2.68. The number of nitro groups is 1. The maximum Gasteiger partial charge on any atom is 0.283 e. The van der Waals surface area contributed by atoms with E-state index in [4.69, 9.17) is 0 Å². The third kappa shape index (κ3) is 5.94. The van der Waals surface area contributed by atoms with Crippen LogP contribution in [0, 0.1) is 10.1 Å². The number of piperazine rings is 1. The summed E-state index contributed by atoms with van der Waals surface area (Å²) in [6.07, 6.45) is 3.03. The summed E-state index contributed by atoms with van der Waals surface area (Å²) in [7, 11) is 0. The van der Waals surface area contributed by atoms with Gasteiger partial charge in [-0.3, -0.25) is 14.9 Å². The van der Waals surface area contributed by atoms with E-state index in [1.807, 2.05) is 24.3 Å². The van der Waals surface area contributed by atoms with Crippen molar-refractivity contribution in [3.8, 4) is 0 Å². The van der Waals surface area contributed by atoms with Gasteiger partial charge in [0, 0.05) is 42.7 Å². The lowest BCUT2D eigenvalue weighted by atomic mass is 10.0. The Labute approximate surface area is 186 Å². The molecule has 1 aliphatic heterocycles. The van der Waals surface area contributed by atoms with Crippen molar-refractivity contribution in [2.75, 3.05) is 26.2 Å². The van der Waals surface area contributed by atoms with Gasteiger partial charge in [0.2, 0.25) is 5.91 Å². The summed E-state index contributed by atoms with van der Waals surface area (Å²) in [4.78, 5) is 27.0. The molecule has 31 heavy (non-hydrogen) atoms. The summed E-state index contributed by atoms with van der Waals surface area (Å²) in [5.41, 5.74) is 1.75. The summed E-state index contributed by atoms with van der Waals surface area (Å²) < 4.78 is 0. The van der Waals surface area contributed by atoms with E-state index in [1.54, 1.807) is 23.1 Å². The Kier molecular flexibility index (Phi) is 7.84. The number of aliphatic hydroxyl groups is 1. The van der Waals surface area contributed by atoms with Gasteiger partial charge in [-0.05, 0) is 35.3 Å². The van der Waals surface area contributed by atoms with Gasteiger partial charge in [0.15, 0.2) is 0 Å². The Balaban J connectivity index is 1.78.